The molecule has 4 N–H and O–H groups in total. The predicted octanol–water partition coefficient (Wildman–Crippen LogP) is 3.54. The molecule has 3 aromatic rings. The minimum Gasteiger partial charge on any atom is -0.380 e. The summed E-state index contributed by atoms with van der Waals surface area (Å²) in [5.74, 6) is -3.40. The summed E-state index contributed by atoms with van der Waals surface area (Å²) in [4.78, 5) is 34.2. The smallest absolute Gasteiger partial charge is 0.380 e. The SMILES string of the molecule is CCc1noc([C@H](c2nc3c(F)c(C4COCC4C(=O)N4CC(O)(C(F)(F)F)C4)ccc3[nH]2)C2CCCC2)c1C(N)=O. The van der Waals surface area contributed by atoms with Gasteiger partial charge in [-0.15, -0.1) is 0 Å². The molecule has 42 heavy (non-hydrogen) atoms. The number of halogens is 4. The maximum atomic E-state index is 16.1. The summed E-state index contributed by atoms with van der Waals surface area (Å²) >= 11 is 0. The number of aryl methyl sites for hydroxylation is 1. The molecule has 1 aromatic carbocycles. The molecular weight excluding hydrogens is 562 g/mol. The molecular formula is C28H31F4N5O5. The van der Waals surface area contributed by atoms with Gasteiger partial charge in [0.25, 0.3) is 5.91 Å². The quantitative estimate of drug-likeness (QED) is 0.355. The minimum absolute atomic E-state index is 0.00196. The molecule has 6 rings (SSSR count). The van der Waals surface area contributed by atoms with Gasteiger partial charge >= 0.3 is 6.18 Å². The number of nitrogens with one attached hydrogen (secondary N) is 1. The lowest BCUT2D eigenvalue weighted by Gasteiger charge is -2.47. The van der Waals surface area contributed by atoms with E-state index in [4.69, 9.17) is 15.0 Å². The van der Waals surface area contributed by atoms with E-state index in [2.05, 4.69) is 15.1 Å². The van der Waals surface area contributed by atoms with Crippen molar-refractivity contribution in [2.24, 2.45) is 17.6 Å². The molecule has 10 nitrogen and oxygen atoms in total. The number of β-amino-alcohol motifs (C(OH)–C–C–N with tert-alkyl or cyclic N) is 1. The van der Waals surface area contributed by atoms with Crippen molar-refractivity contribution < 1.29 is 41.5 Å². The second-order valence-corrected chi connectivity index (χ2v) is 11.6. The van der Waals surface area contributed by atoms with Crippen molar-refractivity contribution in [3.63, 3.8) is 0 Å². The number of nitrogens with zero attached hydrogens (tertiary/aromatic N) is 3. The monoisotopic (exact) mass is 593 g/mol. The Morgan fingerprint density at radius 3 is 2.60 bits per heavy atom. The first-order valence-electron chi connectivity index (χ1n) is 14.1. The van der Waals surface area contributed by atoms with Crippen LogP contribution in [0.25, 0.3) is 11.0 Å². The number of nitrogens with two attached hydrogens (primary N) is 1. The van der Waals surface area contributed by atoms with Gasteiger partial charge in [-0.1, -0.05) is 31.0 Å². The van der Waals surface area contributed by atoms with Gasteiger partial charge < -0.3 is 30.0 Å². The Morgan fingerprint density at radius 1 is 1.24 bits per heavy atom. The van der Waals surface area contributed by atoms with E-state index in [-0.39, 0.29) is 35.8 Å². The molecule has 3 fully saturated rings. The Kier molecular flexibility index (Phi) is 7.03. The van der Waals surface area contributed by atoms with E-state index in [9.17, 15) is 27.9 Å². The second kappa shape index (κ2) is 10.3. The maximum Gasteiger partial charge on any atom is 0.420 e. The zero-order valence-electron chi connectivity index (χ0n) is 22.8. The molecule has 3 atom stereocenters. The summed E-state index contributed by atoms with van der Waals surface area (Å²) in [5, 5.41) is 13.8. The first kappa shape index (κ1) is 28.6. The number of likely N-dealkylation sites (tertiary alicyclic amines) is 1. The highest BCUT2D eigenvalue weighted by molar-refractivity contribution is 5.95. The number of aromatic amines is 1. The normalized spacial score (nSPS) is 23.4. The number of aliphatic hydroxyl groups is 1. The fourth-order valence-corrected chi connectivity index (χ4v) is 6.68. The summed E-state index contributed by atoms with van der Waals surface area (Å²) in [6, 6.07) is 3.15. The Bertz CT molecular complexity index is 1520. The summed E-state index contributed by atoms with van der Waals surface area (Å²) < 4.78 is 66.5. The van der Waals surface area contributed by atoms with Crippen LogP contribution < -0.4 is 5.73 Å². The predicted molar refractivity (Wildman–Crippen MR) is 139 cm³/mol. The lowest BCUT2D eigenvalue weighted by Crippen LogP contribution is -2.71. The van der Waals surface area contributed by atoms with Gasteiger partial charge in [0.1, 0.15) is 16.9 Å². The molecule has 1 aliphatic carbocycles. The summed E-state index contributed by atoms with van der Waals surface area (Å²) in [6.07, 6.45) is -0.766. The van der Waals surface area contributed by atoms with E-state index in [0.29, 0.717) is 29.2 Å². The lowest BCUT2D eigenvalue weighted by atomic mass is 9.84. The highest BCUT2D eigenvalue weighted by atomic mass is 19.4. The number of ether oxygens (including phenoxy) is 1. The molecule has 2 saturated heterocycles. The number of amides is 2. The number of H-pyrrole nitrogens is 1. The Morgan fingerprint density at radius 2 is 1.95 bits per heavy atom. The summed E-state index contributed by atoms with van der Waals surface area (Å²) in [6.45, 7) is -0.00329. The number of fused-ring (bicyclic) bond motifs is 1. The molecule has 2 aliphatic heterocycles. The van der Waals surface area contributed by atoms with E-state index in [1.807, 2.05) is 6.92 Å². The van der Waals surface area contributed by atoms with Crippen LogP contribution in [-0.2, 0) is 16.0 Å². The van der Waals surface area contributed by atoms with Crippen LogP contribution in [0, 0.1) is 17.7 Å². The Balaban J connectivity index is 1.32. The van der Waals surface area contributed by atoms with Crippen LogP contribution in [0.2, 0.25) is 0 Å². The van der Waals surface area contributed by atoms with Crippen molar-refractivity contribution in [1.82, 2.24) is 20.0 Å². The average Bonchev–Trinajstić information content (AvgIpc) is 3.73. The Labute approximate surface area is 237 Å². The van der Waals surface area contributed by atoms with Crippen molar-refractivity contribution in [3.8, 4) is 0 Å². The van der Waals surface area contributed by atoms with E-state index >= 15 is 4.39 Å². The van der Waals surface area contributed by atoms with E-state index in [0.717, 1.165) is 30.6 Å². The number of primary amides is 1. The minimum atomic E-state index is -4.86. The molecule has 4 heterocycles. The zero-order chi connectivity index (χ0) is 30.0. The van der Waals surface area contributed by atoms with Gasteiger partial charge in [-0.3, -0.25) is 9.59 Å². The van der Waals surface area contributed by atoms with Gasteiger partial charge in [-0.25, -0.2) is 9.37 Å². The standard InChI is InChI=1S/C28H31F4N5O5/c1-2-17-20(24(33)38)23(42-36-17)19(13-5-3-4-6-13)25-34-18-8-7-14(21(29)22(18)35-25)15-9-41-10-16(15)26(39)37-11-27(40,12-37)28(30,31)32/h7-8,13,15-16,19,40H,2-6,9-12H2,1H3,(H2,33,38)(H,34,35)/t15?,16?,19-/m1/s1. The molecule has 2 amide bonds. The van der Waals surface area contributed by atoms with Gasteiger partial charge in [0.05, 0.1) is 49.3 Å². The Hall–Kier alpha value is -3.52. The first-order valence-corrected chi connectivity index (χ1v) is 14.1. The maximum absolute atomic E-state index is 16.1. The third-order valence-electron chi connectivity index (χ3n) is 9.00. The number of alkyl halides is 3. The van der Waals surface area contributed by atoms with Crippen LogP contribution >= 0.6 is 0 Å². The zero-order valence-corrected chi connectivity index (χ0v) is 22.8. The average molecular weight is 594 g/mol. The van der Waals surface area contributed by atoms with E-state index < -0.39 is 60.3 Å². The van der Waals surface area contributed by atoms with Gasteiger partial charge in [0, 0.05) is 5.92 Å². The fourth-order valence-electron chi connectivity index (χ4n) is 6.68. The summed E-state index contributed by atoms with van der Waals surface area (Å²) in [7, 11) is 0. The van der Waals surface area contributed by atoms with Crippen molar-refractivity contribution in [2.45, 2.75) is 62.6 Å². The third-order valence-corrected chi connectivity index (χ3v) is 9.00. The van der Waals surface area contributed by atoms with Gasteiger partial charge in [0.2, 0.25) is 5.91 Å². The van der Waals surface area contributed by atoms with Gasteiger partial charge in [0.15, 0.2) is 17.2 Å². The summed E-state index contributed by atoms with van der Waals surface area (Å²) in [5.41, 5.74) is 3.99. The molecule has 2 unspecified atom stereocenters. The largest absolute Gasteiger partial charge is 0.420 e. The van der Waals surface area contributed by atoms with Crippen LogP contribution in [0.1, 0.15) is 77.6 Å². The molecule has 2 aromatic heterocycles. The van der Waals surface area contributed by atoms with Crippen LogP contribution in [0.3, 0.4) is 0 Å². The van der Waals surface area contributed by atoms with Gasteiger partial charge in [-0.05, 0) is 36.8 Å². The van der Waals surface area contributed by atoms with Crippen LogP contribution in [0.4, 0.5) is 17.6 Å². The van der Waals surface area contributed by atoms with Crippen LogP contribution in [0.15, 0.2) is 16.7 Å². The highest BCUT2D eigenvalue weighted by Crippen LogP contribution is 2.44. The van der Waals surface area contributed by atoms with E-state index in [1.165, 1.54) is 6.07 Å². The number of hydrogen-bond acceptors (Lipinski definition) is 7. The molecule has 0 radical (unpaired) electrons. The number of carbonyl (C=O) groups is 2. The van der Waals surface area contributed by atoms with Crippen molar-refractivity contribution >= 4 is 22.8 Å². The van der Waals surface area contributed by atoms with E-state index in [1.54, 1.807) is 6.07 Å². The van der Waals surface area contributed by atoms with Gasteiger partial charge in [-0.2, -0.15) is 13.2 Å². The molecule has 0 spiro atoms. The number of hydrogen-bond donors (Lipinski definition) is 3. The highest BCUT2D eigenvalue weighted by Gasteiger charge is 2.62. The number of aromatic nitrogens is 3. The van der Waals surface area contributed by atoms with Crippen molar-refractivity contribution in [2.75, 3.05) is 26.3 Å². The first-order chi connectivity index (χ1) is 19.9. The van der Waals surface area contributed by atoms with Crippen LogP contribution in [-0.4, -0.2) is 75.0 Å². The molecule has 226 valence electrons. The van der Waals surface area contributed by atoms with Crippen LogP contribution in [0.5, 0.6) is 0 Å². The lowest BCUT2D eigenvalue weighted by molar-refractivity contribution is -0.298. The number of carbonyl (C=O) groups excluding carboxylic acids is 2. The number of rotatable bonds is 7. The molecule has 3 aliphatic rings. The molecule has 14 heteroatoms. The third kappa shape index (κ3) is 4.55. The molecule has 1 saturated carbocycles. The van der Waals surface area contributed by atoms with Crippen molar-refractivity contribution in [3.05, 3.63) is 46.4 Å². The number of benzene rings is 1. The fraction of sp³-hybridized carbons (Fsp3) is 0.571. The second-order valence-electron chi connectivity index (χ2n) is 11.6. The topological polar surface area (TPSA) is 148 Å². The number of imidazole rings is 1. The van der Waals surface area contributed by atoms with Crippen molar-refractivity contribution in [1.29, 1.82) is 0 Å². The molecule has 0 bridgehead atoms.